The van der Waals surface area contributed by atoms with Crippen LogP contribution in [0.1, 0.15) is 30.5 Å². The standard InChI is InChI=1S/C22H30N4O4/c1-3-23-22(29)25-7-13-6-15(10-25)18-5-4-14(20(27)26(18)8-13)9-24-11-16-17(12-24)19(16)21(28)30-2/h4-5,13,15-17,19H,3,6-12H2,1-2H3,(H,23,29)/t13-,15+,16-,17+,19?/m0/s1. The number of amides is 2. The highest BCUT2D eigenvalue weighted by atomic mass is 16.5. The number of urea groups is 1. The van der Waals surface area contributed by atoms with Gasteiger partial charge in [0.05, 0.1) is 13.0 Å². The van der Waals surface area contributed by atoms with Crippen LogP contribution in [0.5, 0.6) is 0 Å². The lowest BCUT2D eigenvalue weighted by Gasteiger charge is -2.42. The maximum absolute atomic E-state index is 13.2. The molecular weight excluding hydrogens is 384 g/mol. The van der Waals surface area contributed by atoms with Crippen molar-refractivity contribution in [2.75, 3.05) is 39.8 Å². The Kier molecular flexibility index (Phi) is 4.84. The minimum absolute atomic E-state index is 0.00234. The van der Waals surface area contributed by atoms with Gasteiger partial charge in [0.1, 0.15) is 0 Å². The number of carbonyl (C=O) groups excluding carboxylic acids is 2. The molecule has 2 amide bonds. The Morgan fingerprint density at radius 3 is 2.60 bits per heavy atom. The molecule has 0 radical (unpaired) electrons. The maximum Gasteiger partial charge on any atom is 0.317 e. The molecule has 162 valence electrons. The first-order chi connectivity index (χ1) is 14.5. The summed E-state index contributed by atoms with van der Waals surface area (Å²) in [5.41, 5.74) is 2.00. The van der Waals surface area contributed by atoms with Crippen molar-refractivity contribution in [3.8, 4) is 0 Å². The molecule has 2 saturated heterocycles. The Bertz CT molecular complexity index is 916. The number of likely N-dealkylation sites (tertiary alicyclic amines) is 2. The predicted molar refractivity (Wildman–Crippen MR) is 110 cm³/mol. The first-order valence-corrected chi connectivity index (χ1v) is 11.1. The van der Waals surface area contributed by atoms with Gasteiger partial charge >= 0.3 is 12.0 Å². The number of ether oxygens (including phenoxy) is 1. The van der Waals surface area contributed by atoms with Crippen molar-refractivity contribution in [3.05, 3.63) is 33.7 Å². The summed E-state index contributed by atoms with van der Waals surface area (Å²) in [6.07, 6.45) is 1.04. The van der Waals surface area contributed by atoms with E-state index in [0.29, 0.717) is 50.5 Å². The average Bonchev–Trinajstić information content (AvgIpc) is 3.24. The average molecular weight is 415 g/mol. The molecule has 4 aliphatic rings. The summed E-state index contributed by atoms with van der Waals surface area (Å²) in [6, 6.07) is 4.06. The second-order valence-corrected chi connectivity index (χ2v) is 9.31. The number of esters is 1. The first-order valence-electron chi connectivity index (χ1n) is 11.1. The summed E-state index contributed by atoms with van der Waals surface area (Å²) in [5.74, 6) is 1.29. The monoisotopic (exact) mass is 414 g/mol. The molecule has 3 aliphatic heterocycles. The molecule has 4 heterocycles. The molecule has 1 aromatic rings. The molecule has 1 aliphatic carbocycles. The quantitative estimate of drug-likeness (QED) is 0.739. The number of aromatic nitrogens is 1. The highest BCUT2D eigenvalue weighted by Gasteiger charge is 2.60. The van der Waals surface area contributed by atoms with Crippen molar-refractivity contribution in [3.63, 3.8) is 0 Å². The second-order valence-electron chi connectivity index (χ2n) is 9.31. The van der Waals surface area contributed by atoms with Crippen molar-refractivity contribution in [1.29, 1.82) is 0 Å². The lowest BCUT2D eigenvalue weighted by atomic mass is 9.83. The van der Waals surface area contributed by atoms with E-state index in [0.717, 1.165) is 30.8 Å². The summed E-state index contributed by atoms with van der Waals surface area (Å²) < 4.78 is 6.83. The second kappa shape index (κ2) is 7.41. The Morgan fingerprint density at radius 2 is 1.90 bits per heavy atom. The van der Waals surface area contributed by atoms with Gasteiger partial charge in [0, 0.05) is 63.0 Å². The zero-order chi connectivity index (χ0) is 21.0. The van der Waals surface area contributed by atoms with Gasteiger partial charge < -0.3 is 19.5 Å². The zero-order valence-corrected chi connectivity index (χ0v) is 17.7. The van der Waals surface area contributed by atoms with Crippen LogP contribution in [0, 0.1) is 23.7 Å². The molecule has 30 heavy (non-hydrogen) atoms. The van der Waals surface area contributed by atoms with E-state index in [1.165, 1.54) is 7.11 Å². The van der Waals surface area contributed by atoms with Gasteiger partial charge in [0.2, 0.25) is 0 Å². The fraction of sp³-hybridized carbons (Fsp3) is 0.682. The van der Waals surface area contributed by atoms with Crippen LogP contribution in [0.4, 0.5) is 4.79 Å². The first kappa shape index (κ1) is 19.6. The van der Waals surface area contributed by atoms with Crippen molar-refractivity contribution in [2.45, 2.75) is 32.4 Å². The third-order valence-corrected chi connectivity index (χ3v) is 7.44. The van der Waals surface area contributed by atoms with Crippen LogP contribution in [-0.2, 0) is 22.6 Å². The van der Waals surface area contributed by atoms with E-state index in [4.69, 9.17) is 4.74 Å². The van der Waals surface area contributed by atoms with E-state index in [2.05, 4.69) is 16.3 Å². The van der Waals surface area contributed by atoms with Crippen molar-refractivity contribution in [1.82, 2.24) is 19.7 Å². The van der Waals surface area contributed by atoms with Crippen LogP contribution < -0.4 is 10.9 Å². The molecule has 5 atom stereocenters. The van der Waals surface area contributed by atoms with Gasteiger partial charge in [0.25, 0.3) is 5.56 Å². The number of hydrogen-bond acceptors (Lipinski definition) is 5. The SMILES string of the molecule is CCNC(=O)N1C[C@@H]2C[C@H](C1)c1ccc(CN3C[C@@H]4C(C(=O)OC)[C@@H]4C3)c(=O)n1C2. The lowest BCUT2D eigenvalue weighted by Crippen LogP contribution is -2.52. The zero-order valence-electron chi connectivity index (χ0n) is 17.7. The number of pyridine rings is 1. The maximum atomic E-state index is 13.2. The Labute approximate surface area is 176 Å². The van der Waals surface area contributed by atoms with Crippen LogP contribution in [-0.4, -0.2) is 66.2 Å². The number of rotatable bonds is 4. The van der Waals surface area contributed by atoms with Crippen molar-refractivity contribution >= 4 is 12.0 Å². The minimum atomic E-state index is -0.0910. The highest BCUT2D eigenvalue weighted by molar-refractivity contribution is 5.76. The fourth-order valence-electron chi connectivity index (χ4n) is 6.01. The summed E-state index contributed by atoms with van der Waals surface area (Å²) in [7, 11) is 1.45. The number of hydrogen-bond donors (Lipinski definition) is 1. The molecule has 5 rings (SSSR count). The van der Waals surface area contributed by atoms with E-state index in [-0.39, 0.29) is 29.4 Å². The lowest BCUT2D eigenvalue weighted by molar-refractivity contribution is -0.143. The summed E-state index contributed by atoms with van der Waals surface area (Å²) in [4.78, 5) is 41.4. The Morgan fingerprint density at radius 1 is 1.13 bits per heavy atom. The van der Waals surface area contributed by atoms with E-state index in [1.54, 1.807) is 0 Å². The summed E-state index contributed by atoms with van der Waals surface area (Å²) in [5, 5.41) is 2.89. The van der Waals surface area contributed by atoms with Gasteiger partial charge in [-0.2, -0.15) is 0 Å². The molecule has 1 unspecified atom stereocenters. The molecule has 1 aromatic heterocycles. The molecule has 8 nitrogen and oxygen atoms in total. The fourth-order valence-corrected chi connectivity index (χ4v) is 6.01. The number of piperidine rings is 2. The van der Waals surface area contributed by atoms with E-state index >= 15 is 0 Å². The predicted octanol–water partition coefficient (Wildman–Crippen LogP) is 0.848. The molecule has 0 spiro atoms. The van der Waals surface area contributed by atoms with Crippen LogP contribution in [0.2, 0.25) is 0 Å². The topological polar surface area (TPSA) is 83.9 Å². The number of carbonyl (C=O) groups is 2. The van der Waals surface area contributed by atoms with Gasteiger partial charge in [-0.05, 0) is 37.2 Å². The molecule has 1 N–H and O–H groups in total. The molecule has 3 fully saturated rings. The Balaban J connectivity index is 1.28. The van der Waals surface area contributed by atoms with Crippen LogP contribution in [0.25, 0.3) is 0 Å². The molecule has 0 aromatic carbocycles. The number of methoxy groups -OCH3 is 1. The summed E-state index contributed by atoms with van der Waals surface area (Å²) >= 11 is 0. The van der Waals surface area contributed by atoms with E-state index in [1.807, 2.05) is 22.5 Å². The molecule has 2 bridgehead atoms. The van der Waals surface area contributed by atoms with Crippen LogP contribution in [0.3, 0.4) is 0 Å². The summed E-state index contributed by atoms with van der Waals surface area (Å²) in [6.45, 7) is 6.98. The van der Waals surface area contributed by atoms with Crippen molar-refractivity contribution in [2.24, 2.45) is 23.7 Å². The third kappa shape index (κ3) is 3.21. The van der Waals surface area contributed by atoms with E-state index < -0.39 is 0 Å². The largest absolute Gasteiger partial charge is 0.469 e. The highest BCUT2D eigenvalue weighted by Crippen LogP contribution is 2.52. The van der Waals surface area contributed by atoms with Gasteiger partial charge in [-0.15, -0.1) is 0 Å². The van der Waals surface area contributed by atoms with Gasteiger partial charge in [-0.3, -0.25) is 14.5 Å². The van der Waals surface area contributed by atoms with Gasteiger partial charge in [0.15, 0.2) is 0 Å². The molecule has 1 saturated carbocycles. The normalized spacial score (nSPS) is 31.7. The number of fused-ring (bicyclic) bond motifs is 5. The third-order valence-electron chi connectivity index (χ3n) is 7.44. The van der Waals surface area contributed by atoms with E-state index in [9.17, 15) is 14.4 Å². The molecular formula is C22H30N4O4. The van der Waals surface area contributed by atoms with Crippen LogP contribution in [0.15, 0.2) is 16.9 Å². The smallest absolute Gasteiger partial charge is 0.317 e. The number of nitrogens with one attached hydrogen (secondary N) is 1. The molecule has 8 heteroatoms. The Hall–Kier alpha value is -2.35. The number of nitrogens with zero attached hydrogens (tertiary/aromatic N) is 3. The minimum Gasteiger partial charge on any atom is -0.469 e. The van der Waals surface area contributed by atoms with Gasteiger partial charge in [-0.25, -0.2) is 4.79 Å². The van der Waals surface area contributed by atoms with Gasteiger partial charge in [-0.1, -0.05) is 6.07 Å². The van der Waals surface area contributed by atoms with Crippen molar-refractivity contribution < 1.29 is 14.3 Å². The van der Waals surface area contributed by atoms with Crippen LogP contribution >= 0.6 is 0 Å².